The summed E-state index contributed by atoms with van der Waals surface area (Å²) in [4.78, 5) is 12.3. The standard InChI is InChI=1S/C14H16IN3O/c1-4-11-12(8-18(3)17-11)16-14(19)10-7-5-6-9(2)13(10)15/h5-8H,4H2,1-3H3,(H,16,19). The predicted octanol–water partition coefficient (Wildman–Crippen LogP) is 3.15. The molecule has 0 aliphatic rings. The van der Waals surface area contributed by atoms with Gasteiger partial charge in [0, 0.05) is 16.8 Å². The monoisotopic (exact) mass is 369 g/mol. The van der Waals surface area contributed by atoms with Crippen molar-refractivity contribution in [3.05, 3.63) is 44.8 Å². The summed E-state index contributed by atoms with van der Waals surface area (Å²) in [6.45, 7) is 4.02. The molecule has 2 rings (SSSR count). The summed E-state index contributed by atoms with van der Waals surface area (Å²) in [5, 5.41) is 7.26. The Balaban J connectivity index is 2.28. The number of benzene rings is 1. The number of halogens is 1. The summed E-state index contributed by atoms with van der Waals surface area (Å²) in [5.74, 6) is -0.0872. The normalized spacial score (nSPS) is 10.5. The summed E-state index contributed by atoms with van der Waals surface area (Å²) in [6.07, 6.45) is 2.63. The van der Waals surface area contributed by atoms with Gasteiger partial charge in [-0.25, -0.2) is 0 Å². The lowest BCUT2D eigenvalue weighted by Crippen LogP contribution is -2.14. The fraction of sp³-hybridized carbons (Fsp3) is 0.286. The third-order valence-corrected chi connectivity index (χ3v) is 4.36. The molecule has 1 amide bonds. The van der Waals surface area contributed by atoms with Gasteiger partial charge in [0.25, 0.3) is 5.91 Å². The number of hydrogen-bond donors (Lipinski definition) is 1. The number of aryl methyl sites for hydroxylation is 3. The van der Waals surface area contributed by atoms with Gasteiger partial charge >= 0.3 is 0 Å². The van der Waals surface area contributed by atoms with Crippen molar-refractivity contribution in [3.63, 3.8) is 0 Å². The van der Waals surface area contributed by atoms with E-state index in [-0.39, 0.29) is 5.91 Å². The van der Waals surface area contributed by atoms with Crippen molar-refractivity contribution in [2.75, 3.05) is 5.32 Å². The van der Waals surface area contributed by atoms with Crippen LogP contribution in [0.25, 0.3) is 0 Å². The second-order valence-corrected chi connectivity index (χ2v) is 5.49. The van der Waals surface area contributed by atoms with E-state index >= 15 is 0 Å². The highest BCUT2D eigenvalue weighted by molar-refractivity contribution is 14.1. The first-order valence-electron chi connectivity index (χ1n) is 6.12. The molecular weight excluding hydrogens is 353 g/mol. The van der Waals surface area contributed by atoms with Gasteiger partial charge in [-0.05, 0) is 47.6 Å². The molecule has 5 heteroatoms. The van der Waals surface area contributed by atoms with Gasteiger partial charge in [-0.1, -0.05) is 19.1 Å². The first-order chi connectivity index (χ1) is 9.02. The van der Waals surface area contributed by atoms with Crippen LogP contribution in [0.4, 0.5) is 5.69 Å². The Morgan fingerprint density at radius 2 is 2.21 bits per heavy atom. The van der Waals surface area contributed by atoms with Crippen LogP contribution in [0, 0.1) is 10.5 Å². The van der Waals surface area contributed by atoms with Crippen molar-refractivity contribution < 1.29 is 4.79 Å². The van der Waals surface area contributed by atoms with Crippen LogP contribution in [0.3, 0.4) is 0 Å². The van der Waals surface area contributed by atoms with Crippen LogP contribution in [0.5, 0.6) is 0 Å². The summed E-state index contributed by atoms with van der Waals surface area (Å²) >= 11 is 2.20. The molecule has 19 heavy (non-hydrogen) atoms. The Labute approximate surface area is 126 Å². The van der Waals surface area contributed by atoms with Crippen molar-refractivity contribution in [3.8, 4) is 0 Å². The average Bonchev–Trinajstić information content (AvgIpc) is 2.72. The molecule has 0 unspecified atom stereocenters. The number of anilines is 1. The second kappa shape index (κ2) is 5.73. The Morgan fingerprint density at radius 3 is 2.89 bits per heavy atom. The van der Waals surface area contributed by atoms with Gasteiger partial charge in [0.1, 0.15) is 0 Å². The van der Waals surface area contributed by atoms with Crippen LogP contribution >= 0.6 is 22.6 Å². The maximum atomic E-state index is 12.3. The van der Waals surface area contributed by atoms with Crippen molar-refractivity contribution in [1.29, 1.82) is 0 Å². The van der Waals surface area contributed by atoms with E-state index in [9.17, 15) is 4.79 Å². The smallest absolute Gasteiger partial charge is 0.256 e. The molecule has 1 aromatic heterocycles. The van der Waals surface area contributed by atoms with Gasteiger partial charge in [0.05, 0.1) is 16.9 Å². The topological polar surface area (TPSA) is 46.9 Å². The maximum Gasteiger partial charge on any atom is 0.256 e. The van der Waals surface area contributed by atoms with E-state index in [2.05, 4.69) is 33.0 Å². The third kappa shape index (κ3) is 2.97. The molecule has 1 N–H and O–H groups in total. The Bertz CT molecular complexity index is 619. The van der Waals surface area contributed by atoms with E-state index in [0.29, 0.717) is 5.56 Å². The quantitative estimate of drug-likeness (QED) is 0.845. The summed E-state index contributed by atoms with van der Waals surface area (Å²) in [6, 6.07) is 5.74. The molecule has 0 atom stereocenters. The number of aromatic nitrogens is 2. The van der Waals surface area contributed by atoms with E-state index in [0.717, 1.165) is 26.9 Å². The van der Waals surface area contributed by atoms with Gasteiger partial charge in [0.15, 0.2) is 0 Å². The van der Waals surface area contributed by atoms with Crippen LogP contribution in [0.2, 0.25) is 0 Å². The molecular formula is C14H16IN3O. The highest BCUT2D eigenvalue weighted by atomic mass is 127. The van der Waals surface area contributed by atoms with Gasteiger partial charge in [-0.3, -0.25) is 9.48 Å². The van der Waals surface area contributed by atoms with Gasteiger partial charge < -0.3 is 5.32 Å². The number of carbonyl (C=O) groups excluding carboxylic acids is 1. The van der Waals surface area contributed by atoms with E-state index in [1.807, 2.05) is 45.3 Å². The zero-order chi connectivity index (χ0) is 14.0. The van der Waals surface area contributed by atoms with Crippen LogP contribution in [0.1, 0.15) is 28.5 Å². The van der Waals surface area contributed by atoms with Gasteiger partial charge in [-0.15, -0.1) is 0 Å². The molecule has 0 bridgehead atoms. The first-order valence-corrected chi connectivity index (χ1v) is 7.19. The molecule has 0 radical (unpaired) electrons. The minimum absolute atomic E-state index is 0.0872. The molecule has 1 aromatic carbocycles. The molecule has 0 saturated heterocycles. The molecule has 0 saturated carbocycles. The number of carbonyl (C=O) groups is 1. The number of nitrogens with zero attached hydrogens (tertiary/aromatic N) is 2. The van der Waals surface area contributed by atoms with E-state index < -0.39 is 0 Å². The Hall–Kier alpha value is -1.37. The second-order valence-electron chi connectivity index (χ2n) is 4.41. The predicted molar refractivity (Wildman–Crippen MR) is 84.4 cm³/mol. The number of nitrogens with one attached hydrogen (secondary N) is 1. The molecule has 0 fully saturated rings. The molecule has 0 aliphatic carbocycles. The highest BCUT2D eigenvalue weighted by Gasteiger charge is 2.14. The molecule has 4 nitrogen and oxygen atoms in total. The molecule has 1 heterocycles. The lowest BCUT2D eigenvalue weighted by atomic mass is 10.1. The summed E-state index contributed by atoms with van der Waals surface area (Å²) < 4.78 is 2.70. The number of rotatable bonds is 3. The van der Waals surface area contributed by atoms with E-state index in [1.54, 1.807) is 4.68 Å². The van der Waals surface area contributed by atoms with Crippen molar-refractivity contribution in [2.24, 2.45) is 7.05 Å². The molecule has 0 spiro atoms. The van der Waals surface area contributed by atoms with Crippen molar-refractivity contribution >= 4 is 34.2 Å². The lowest BCUT2D eigenvalue weighted by molar-refractivity contribution is 0.102. The van der Waals surface area contributed by atoms with Gasteiger partial charge in [-0.2, -0.15) is 5.10 Å². The Morgan fingerprint density at radius 1 is 1.47 bits per heavy atom. The zero-order valence-corrected chi connectivity index (χ0v) is 13.4. The largest absolute Gasteiger partial charge is 0.319 e. The summed E-state index contributed by atoms with van der Waals surface area (Å²) in [5.41, 5.74) is 3.49. The molecule has 0 aliphatic heterocycles. The van der Waals surface area contributed by atoms with Crippen LogP contribution in [-0.4, -0.2) is 15.7 Å². The minimum Gasteiger partial charge on any atom is -0.319 e. The van der Waals surface area contributed by atoms with E-state index in [4.69, 9.17) is 0 Å². The Kier molecular flexibility index (Phi) is 4.24. The highest BCUT2D eigenvalue weighted by Crippen LogP contribution is 2.20. The lowest BCUT2D eigenvalue weighted by Gasteiger charge is -2.08. The van der Waals surface area contributed by atoms with Crippen LogP contribution < -0.4 is 5.32 Å². The third-order valence-electron chi connectivity index (χ3n) is 2.92. The first kappa shape index (κ1) is 14.0. The molecule has 2 aromatic rings. The number of hydrogen-bond acceptors (Lipinski definition) is 2. The maximum absolute atomic E-state index is 12.3. The fourth-order valence-corrected chi connectivity index (χ4v) is 2.52. The fourth-order valence-electron chi connectivity index (χ4n) is 1.91. The SMILES string of the molecule is CCc1nn(C)cc1NC(=O)c1cccc(C)c1I. The van der Waals surface area contributed by atoms with Crippen molar-refractivity contribution in [2.45, 2.75) is 20.3 Å². The van der Waals surface area contributed by atoms with E-state index in [1.165, 1.54) is 0 Å². The minimum atomic E-state index is -0.0872. The number of amides is 1. The van der Waals surface area contributed by atoms with Crippen molar-refractivity contribution in [1.82, 2.24) is 9.78 Å². The summed E-state index contributed by atoms with van der Waals surface area (Å²) in [7, 11) is 1.85. The zero-order valence-electron chi connectivity index (χ0n) is 11.2. The average molecular weight is 369 g/mol. The van der Waals surface area contributed by atoms with Crippen LogP contribution in [-0.2, 0) is 13.5 Å². The molecule has 100 valence electrons. The van der Waals surface area contributed by atoms with Crippen LogP contribution in [0.15, 0.2) is 24.4 Å². The van der Waals surface area contributed by atoms with Gasteiger partial charge in [0.2, 0.25) is 0 Å².